The molecular weight excluding hydrogens is 368 g/mol. The largest absolute Gasteiger partial charge is 0.467 e. The maximum Gasteiger partial charge on any atom is 0.257 e. The average Bonchev–Trinajstić information content (AvgIpc) is 3.38. The Labute approximate surface area is 170 Å². The van der Waals surface area contributed by atoms with E-state index >= 15 is 0 Å². The molecule has 0 radical (unpaired) electrons. The third kappa shape index (κ3) is 4.24. The molecule has 152 valence electrons. The van der Waals surface area contributed by atoms with Crippen molar-refractivity contribution >= 4 is 17.5 Å². The normalized spacial score (nSPS) is 22.5. The number of benzene rings is 1. The van der Waals surface area contributed by atoms with Crippen molar-refractivity contribution in [3.8, 4) is 0 Å². The third-order valence-corrected chi connectivity index (χ3v) is 5.69. The molecule has 29 heavy (non-hydrogen) atoms. The number of hydrogen-bond acceptors (Lipinski definition) is 5. The van der Waals surface area contributed by atoms with Gasteiger partial charge in [-0.05, 0) is 44.0 Å². The van der Waals surface area contributed by atoms with Crippen LogP contribution in [0.2, 0.25) is 0 Å². The fourth-order valence-corrected chi connectivity index (χ4v) is 4.06. The molecule has 0 saturated carbocycles. The predicted molar refractivity (Wildman–Crippen MR) is 109 cm³/mol. The predicted octanol–water partition coefficient (Wildman–Crippen LogP) is 2.46. The molecule has 7 heteroatoms. The molecule has 2 amide bonds. The lowest BCUT2D eigenvalue weighted by Gasteiger charge is -2.31. The minimum Gasteiger partial charge on any atom is -0.467 e. The quantitative estimate of drug-likeness (QED) is 0.843. The lowest BCUT2D eigenvalue weighted by atomic mass is 9.97. The maximum atomic E-state index is 13.1. The average molecular weight is 394 g/mol. The highest BCUT2D eigenvalue weighted by molar-refractivity contribution is 6.03. The summed E-state index contributed by atoms with van der Waals surface area (Å²) in [5.41, 5.74) is 8.52. The number of carbonyl (C=O) groups excluding carboxylic acids is 2. The molecule has 4 rings (SSSR count). The highest BCUT2D eigenvalue weighted by Crippen LogP contribution is 2.33. The number of nitrogens with zero attached hydrogens (tertiary/aromatic N) is 3. The Balaban J connectivity index is 1.53. The van der Waals surface area contributed by atoms with Gasteiger partial charge in [-0.2, -0.15) is 5.10 Å². The van der Waals surface area contributed by atoms with Crippen molar-refractivity contribution in [1.82, 2.24) is 9.91 Å². The van der Waals surface area contributed by atoms with E-state index in [1.165, 1.54) is 5.56 Å². The molecule has 0 unspecified atom stereocenters. The Kier molecular flexibility index (Phi) is 5.49. The van der Waals surface area contributed by atoms with Gasteiger partial charge in [0, 0.05) is 13.0 Å². The number of primary amides is 1. The zero-order valence-corrected chi connectivity index (χ0v) is 16.6. The van der Waals surface area contributed by atoms with Gasteiger partial charge in [-0.15, -0.1) is 0 Å². The van der Waals surface area contributed by atoms with E-state index in [2.05, 4.69) is 5.10 Å². The molecule has 2 N–H and O–H groups in total. The fraction of sp³-hybridized carbons (Fsp3) is 0.409. The summed E-state index contributed by atoms with van der Waals surface area (Å²) in [6.07, 6.45) is 3.87. The number of likely N-dealkylation sites (tertiary alicyclic amines) is 1. The van der Waals surface area contributed by atoms with Gasteiger partial charge in [-0.3, -0.25) is 14.5 Å². The summed E-state index contributed by atoms with van der Waals surface area (Å²) in [6, 6.07) is 11.6. The summed E-state index contributed by atoms with van der Waals surface area (Å²) >= 11 is 0. The molecule has 1 saturated heterocycles. The van der Waals surface area contributed by atoms with Gasteiger partial charge in [0.25, 0.3) is 5.91 Å². The Hall–Kier alpha value is -2.93. The van der Waals surface area contributed by atoms with Crippen LogP contribution in [-0.2, 0) is 9.59 Å². The van der Waals surface area contributed by atoms with Crippen molar-refractivity contribution in [3.63, 3.8) is 0 Å². The Morgan fingerprint density at radius 3 is 2.72 bits per heavy atom. The molecule has 1 aromatic heterocycles. The van der Waals surface area contributed by atoms with Gasteiger partial charge < -0.3 is 10.2 Å². The van der Waals surface area contributed by atoms with E-state index in [1.807, 2.05) is 48.2 Å². The first-order chi connectivity index (χ1) is 14.0. The van der Waals surface area contributed by atoms with Crippen molar-refractivity contribution in [2.75, 3.05) is 19.6 Å². The number of hydrogen-bond donors (Lipinski definition) is 1. The summed E-state index contributed by atoms with van der Waals surface area (Å²) in [7, 11) is 0. The zero-order chi connectivity index (χ0) is 20.4. The van der Waals surface area contributed by atoms with Crippen molar-refractivity contribution in [2.45, 2.75) is 32.2 Å². The summed E-state index contributed by atoms with van der Waals surface area (Å²) < 4.78 is 5.60. The number of aryl methyl sites for hydroxylation is 1. The van der Waals surface area contributed by atoms with Crippen molar-refractivity contribution in [1.29, 1.82) is 0 Å². The van der Waals surface area contributed by atoms with Crippen LogP contribution in [0.15, 0.2) is 52.2 Å². The molecule has 7 nitrogen and oxygen atoms in total. The Bertz CT molecular complexity index is 905. The van der Waals surface area contributed by atoms with Crippen molar-refractivity contribution < 1.29 is 14.0 Å². The molecule has 2 aliphatic heterocycles. The summed E-state index contributed by atoms with van der Waals surface area (Å²) in [5, 5.41) is 6.21. The fourth-order valence-electron chi connectivity index (χ4n) is 4.06. The molecular formula is C22H26N4O3. The monoisotopic (exact) mass is 394 g/mol. The molecule has 2 aromatic rings. The molecule has 0 aliphatic carbocycles. The number of carbonyl (C=O) groups is 2. The highest BCUT2D eigenvalue weighted by atomic mass is 16.3. The number of rotatable bonds is 5. The number of nitrogens with two attached hydrogens (primary N) is 1. The second-order valence-corrected chi connectivity index (χ2v) is 7.86. The van der Waals surface area contributed by atoms with Crippen LogP contribution in [-0.4, -0.2) is 47.1 Å². The number of piperidine rings is 1. The van der Waals surface area contributed by atoms with Crippen LogP contribution in [0.25, 0.3) is 0 Å². The molecule has 2 aliphatic rings. The van der Waals surface area contributed by atoms with E-state index in [0.29, 0.717) is 13.0 Å². The molecule has 0 spiro atoms. The summed E-state index contributed by atoms with van der Waals surface area (Å²) in [5.74, 6) is 0.135. The van der Waals surface area contributed by atoms with E-state index in [-0.39, 0.29) is 30.3 Å². The molecule has 2 atom stereocenters. The first kappa shape index (κ1) is 19.4. The standard InChI is InChI=1S/C22H26N4O3/c1-15-6-8-16(9-7-15)18-12-19(20-5-3-11-29-20)26(24-18)21(27)14-25-10-2-4-17(13-25)22(23)28/h3,5-9,11,17,19H,2,4,10,12-14H2,1H3,(H2,23,28)/t17-,19+/m1/s1. The SMILES string of the molecule is Cc1ccc(C2=NN(C(=O)CN3CCC[C@@H](C(N)=O)C3)[C@H](c3ccco3)C2)cc1. The molecule has 3 heterocycles. The summed E-state index contributed by atoms with van der Waals surface area (Å²) in [4.78, 5) is 26.7. The van der Waals surface area contributed by atoms with E-state index in [9.17, 15) is 9.59 Å². The van der Waals surface area contributed by atoms with Gasteiger partial charge in [-0.1, -0.05) is 29.8 Å². The Morgan fingerprint density at radius 1 is 1.24 bits per heavy atom. The van der Waals surface area contributed by atoms with Crippen molar-refractivity contribution in [2.24, 2.45) is 16.8 Å². The van der Waals surface area contributed by atoms with Crippen LogP contribution < -0.4 is 5.73 Å². The minimum atomic E-state index is -0.295. The summed E-state index contributed by atoms with van der Waals surface area (Å²) in [6.45, 7) is 3.56. The first-order valence-corrected chi connectivity index (χ1v) is 10.0. The van der Waals surface area contributed by atoms with Gasteiger partial charge in [0.15, 0.2) is 0 Å². The molecule has 1 aromatic carbocycles. The third-order valence-electron chi connectivity index (χ3n) is 5.69. The topological polar surface area (TPSA) is 92.1 Å². The zero-order valence-electron chi connectivity index (χ0n) is 16.6. The van der Waals surface area contributed by atoms with Crippen LogP contribution in [0.5, 0.6) is 0 Å². The van der Waals surface area contributed by atoms with E-state index < -0.39 is 0 Å². The van der Waals surface area contributed by atoms with Crippen LogP contribution in [0.1, 0.15) is 42.2 Å². The van der Waals surface area contributed by atoms with Gasteiger partial charge in [0.05, 0.1) is 24.4 Å². The van der Waals surface area contributed by atoms with Gasteiger partial charge in [-0.25, -0.2) is 5.01 Å². The number of furan rings is 1. The smallest absolute Gasteiger partial charge is 0.257 e. The van der Waals surface area contributed by atoms with Crippen LogP contribution in [0.3, 0.4) is 0 Å². The maximum absolute atomic E-state index is 13.1. The van der Waals surface area contributed by atoms with Crippen LogP contribution >= 0.6 is 0 Å². The molecule has 1 fully saturated rings. The lowest BCUT2D eigenvalue weighted by molar-refractivity contribution is -0.136. The second-order valence-electron chi connectivity index (χ2n) is 7.86. The number of amides is 2. The first-order valence-electron chi connectivity index (χ1n) is 10.0. The lowest BCUT2D eigenvalue weighted by Crippen LogP contribution is -2.45. The second kappa shape index (κ2) is 8.21. The van der Waals surface area contributed by atoms with E-state index in [0.717, 1.165) is 36.4 Å². The molecule has 0 bridgehead atoms. The van der Waals surface area contributed by atoms with Crippen molar-refractivity contribution in [3.05, 3.63) is 59.5 Å². The highest BCUT2D eigenvalue weighted by Gasteiger charge is 2.36. The van der Waals surface area contributed by atoms with Gasteiger partial charge in [0.2, 0.25) is 5.91 Å². The Morgan fingerprint density at radius 2 is 2.03 bits per heavy atom. The van der Waals surface area contributed by atoms with Gasteiger partial charge in [0.1, 0.15) is 11.8 Å². The minimum absolute atomic E-state index is 0.0985. The van der Waals surface area contributed by atoms with E-state index in [4.69, 9.17) is 10.2 Å². The van der Waals surface area contributed by atoms with Crippen LogP contribution in [0, 0.1) is 12.8 Å². The van der Waals surface area contributed by atoms with Gasteiger partial charge >= 0.3 is 0 Å². The van der Waals surface area contributed by atoms with E-state index in [1.54, 1.807) is 11.3 Å². The number of hydrazone groups is 1. The van der Waals surface area contributed by atoms with Crippen LogP contribution in [0.4, 0.5) is 0 Å².